The molecule has 0 aliphatic heterocycles. The standard InChI is InChI=1S/C20H22Cl2N2OS/c1-13-5-2-3-8-18(13)24-20(25)15-9-14(10-23-11-15)12-26-19-16(21)6-4-7-17(19)22/h4,6-7,9-11,13,18H,2-3,5,8,12H2,1H3,(H,24,25). The predicted octanol–water partition coefficient (Wildman–Crippen LogP) is 5.99. The molecule has 1 saturated carbocycles. The monoisotopic (exact) mass is 408 g/mol. The summed E-state index contributed by atoms with van der Waals surface area (Å²) >= 11 is 14.0. The Morgan fingerprint density at radius 3 is 2.69 bits per heavy atom. The Kier molecular flexibility index (Phi) is 6.85. The number of benzene rings is 1. The number of hydrogen-bond acceptors (Lipinski definition) is 3. The lowest BCUT2D eigenvalue weighted by Crippen LogP contribution is -2.41. The number of pyridine rings is 1. The van der Waals surface area contributed by atoms with Crippen LogP contribution in [0.15, 0.2) is 41.6 Å². The summed E-state index contributed by atoms with van der Waals surface area (Å²) in [5.74, 6) is 1.14. The fourth-order valence-electron chi connectivity index (χ4n) is 3.25. The van der Waals surface area contributed by atoms with Crippen molar-refractivity contribution in [1.82, 2.24) is 10.3 Å². The molecule has 3 rings (SSSR count). The molecule has 2 atom stereocenters. The van der Waals surface area contributed by atoms with E-state index in [1.54, 1.807) is 24.2 Å². The fraction of sp³-hybridized carbons (Fsp3) is 0.400. The van der Waals surface area contributed by atoms with E-state index in [1.165, 1.54) is 19.3 Å². The lowest BCUT2D eigenvalue weighted by atomic mass is 9.86. The van der Waals surface area contributed by atoms with Gasteiger partial charge in [0.05, 0.1) is 15.6 Å². The third-order valence-corrected chi connectivity index (χ3v) is 6.85. The molecule has 0 spiro atoms. The number of amides is 1. The second-order valence-corrected chi connectivity index (χ2v) is 8.56. The molecule has 138 valence electrons. The first-order valence-electron chi connectivity index (χ1n) is 8.86. The van der Waals surface area contributed by atoms with Gasteiger partial charge in [0.25, 0.3) is 5.91 Å². The molecule has 26 heavy (non-hydrogen) atoms. The Balaban J connectivity index is 1.65. The first-order valence-corrected chi connectivity index (χ1v) is 10.6. The minimum absolute atomic E-state index is 0.0427. The second kappa shape index (κ2) is 9.12. The van der Waals surface area contributed by atoms with Crippen molar-refractivity contribution in [2.75, 3.05) is 0 Å². The van der Waals surface area contributed by atoms with E-state index in [0.29, 0.717) is 27.3 Å². The van der Waals surface area contributed by atoms with Gasteiger partial charge in [0.2, 0.25) is 0 Å². The van der Waals surface area contributed by atoms with Crippen LogP contribution in [0, 0.1) is 5.92 Å². The molecule has 1 amide bonds. The summed E-state index contributed by atoms with van der Waals surface area (Å²) in [6.07, 6.45) is 8.08. The number of halogens is 2. The van der Waals surface area contributed by atoms with Gasteiger partial charge in [-0.05, 0) is 42.5 Å². The quantitative estimate of drug-likeness (QED) is 0.617. The van der Waals surface area contributed by atoms with Gasteiger partial charge in [0, 0.05) is 29.1 Å². The molecule has 3 nitrogen and oxygen atoms in total. The van der Waals surface area contributed by atoms with Crippen LogP contribution in [-0.4, -0.2) is 16.9 Å². The van der Waals surface area contributed by atoms with Crippen molar-refractivity contribution in [2.45, 2.75) is 49.3 Å². The highest BCUT2D eigenvalue weighted by Crippen LogP contribution is 2.35. The normalized spacial score (nSPS) is 20.0. The van der Waals surface area contributed by atoms with Crippen LogP contribution < -0.4 is 5.32 Å². The molecule has 0 radical (unpaired) electrons. The van der Waals surface area contributed by atoms with Crippen molar-refractivity contribution >= 4 is 40.9 Å². The van der Waals surface area contributed by atoms with E-state index < -0.39 is 0 Å². The topological polar surface area (TPSA) is 42.0 Å². The summed E-state index contributed by atoms with van der Waals surface area (Å²) in [5, 5.41) is 4.45. The van der Waals surface area contributed by atoms with Crippen molar-refractivity contribution in [3.8, 4) is 0 Å². The maximum atomic E-state index is 12.6. The van der Waals surface area contributed by atoms with E-state index in [9.17, 15) is 4.79 Å². The van der Waals surface area contributed by atoms with Crippen LogP contribution in [0.5, 0.6) is 0 Å². The van der Waals surface area contributed by atoms with Crippen LogP contribution in [0.4, 0.5) is 0 Å². The highest BCUT2D eigenvalue weighted by molar-refractivity contribution is 7.98. The number of nitrogens with zero attached hydrogens (tertiary/aromatic N) is 1. The third kappa shape index (κ3) is 4.93. The molecule has 1 aromatic carbocycles. The number of carbonyl (C=O) groups excluding carboxylic acids is 1. The smallest absolute Gasteiger partial charge is 0.253 e. The number of carbonyl (C=O) groups is 1. The molecule has 0 saturated heterocycles. The summed E-state index contributed by atoms with van der Waals surface area (Å²) in [4.78, 5) is 17.7. The maximum Gasteiger partial charge on any atom is 0.253 e. The highest BCUT2D eigenvalue weighted by atomic mass is 35.5. The van der Waals surface area contributed by atoms with Crippen LogP contribution >= 0.6 is 35.0 Å². The zero-order valence-corrected chi connectivity index (χ0v) is 17.0. The van der Waals surface area contributed by atoms with E-state index in [-0.39, 0.29) is 11.9 Å². The van der Waals surface area contributed by atoms with Crippen molar-refractivity contribution in [3.05, 3.63) is 57.8 Å². The molecule has 1 aliphatic rings. The van der Waals surface area contributed by atoms with Gasteiger partial charge >= 0.3 is 0 Å². The minimum atomic E-state index is -0.0427. The maximum absolute atomic E-state index is 12.6. The molecule has 0 bridgehead atoms. The van der Waals surface area contributed by atoms with Gasteiger partial charge in [-0.25, -0.2) is 0 Å². The molecule has 6 heteroatoms. The Bertz CT molecular complexity index is 764. The van der Waals surface area contributed by atoms with Crippen molar-refractivity contribution < 1.29 is 4.79 Å². The van der Waals surface area contributed by atoms with Gasteiger partial charge in [-0.15, -0.1) is 11.8 Å². The lowest BCUT2D eigenvalue weighted by molar-refractivity contribution is 0.0910. The Morgan fingerprint density at radius 2 is 1.96 bits per heavy atom. The molecule has 1 N–H and O–H groups in total. The first-order chi connectivity index (χ1) is 12.5. The summed E-state index contributed by atoms with van der Waals surface area (Å²) in [7, 11) is 0. The Labute approximate surface area is 168 Å². The molecule has 1 heterocycles. The molecular formula is C20H22Cl2N2OS. The van der Waals surface area contributed by atoms with Crippen LogP contribution in [0.1, 0.15) is 48.5 Å². The minimum Gasteiger partial charge on any atom is -0.349 e. The third-order valence-electron chi connectivity index (χ3n) is 4.79. The van der Waals surface area contributed by atoms with Gasteiger partial charge in [-0.2, -0.15) is 0 Å². The van der Waals surface area contributed by atoms with Crippen LogP contribution in [0.25, 0.3) is 0 Å². The van der Waals surface area contributed by atoms with E-state index in [1.807, 2.05) is 24.3 Å². The zero-order valence-electron chi connectivity index (χ0n) is 14.7. The number of rotatable bonds is 5. The largest absolute Gasteiger partial charge is 0.349 e. The molecule has 2 unspecified atom stereocenters. The number of nitrogens with one attached hydrogen (secondary N) is 1. The number of thioether (sulfide) groups is 1. The molecule has 1 aliphatic carbocycles. The molecule has 2 aromatic rings. The summed E-state index contributed by atoms with van der Waals surface area (Å²) in [6.45, 7) is 2.21. The van der Waals surface area contributed by atoms with E-state index in [4.69, 9.17) is 23.2 Å². The first kappa shape index (κ1) is 19.5. The average Bonchev–Trinajstić information content (AvgIpc) is 2.63. The van der Waals surface area contributed by atoms with Crippen molar-refractivity contribution in [1.29, 1.82) is 0 Å². The SMILES string of the molecule is CC1CCCCC1NC(=O)c1cncc(CSc2c(Cl)cccc2Cl)c1. The Hall–Kier alpha value is -1.23. The molecular weight excluding hydrogens is 387 g/mol. The summed E-state index contributed by atoms with van der Waals surface area (Å²) < 4.78 is 0. The van der Waals surface area contributed by atoms with Gasteiger partial charge < -0.3 is 5.32 Å². The van der Waals surface area contributed by atoms with Crippen molar-refractivity contribution in [3.63, 3.8) is 0 Å². The molecule has 1 fully saturated rings. The molecule has 1 aromatic heterocycles. The van der Waals surface area contributed by atoms with Gasteiger partial charge in [0.1, 0.15) is 0 Å². The zero-order chi connectivity index (χ0) is 18.5. The number of hydrogen-bond donors (Lipinski definition) is 1. The van der Waals surface area contributed by atoms with Gasteiger partial charge in [-0.3, -0.25) is 9.78 Å². The Morgan fingerprint density at radius 1 is 1.23 bits per heavy atom. The van der Waals surface area contributed by atoms with Crippen molar-refractivity contribution in [2.24, 2.45) is 5.92 Å². The van der Waals surface area contributed by atoms with E-state index in [0.717, 1.165) is 16.9 Å². The summed E-state index contributed by atoms with van der Waals surface area (Å²) in [5.41, 5.74) is 1.57. The number of aromatic nitrogens is 1. The van der Waals surface area contributed by atoms with Gasteiger partial charge in [-0.1, -0.05) is 49.0 Å². The van der Waals surface area contributed by atoms with E-state index in [2.05, 4.69) is 17.2 Å². The van der Waals surface area contributed by atoms with E-state index >= 15 is 0 Å². The second-order valence-electron chi connectivity index (χ2n) is 6.76. The van der Waals surface area contributed by atoms with Gasteiger partial charge in [0.15, 0.2) is 0 Å². The fourth-order valence-corrected chi connectivity index (χ4v) is 4.85. The van der Waals surface area contributed by atoms with Crippen LogP contribution in [0.3, 0.4) is 0 Å². The van der Waals surface area contributed by atoms with Crippen LogP contribution in [-0.2, 0) is 5.75 Å². The average molecular weight is 409 g/mol. The summed E-state index contributed by atoms with van der Waals surface area (Å²) in [6, 6.07) is 7.63. The predicted molar refractivity (Wildman–Crippen MR) is 109 cm³/mol. The highest BCUT2D eigenvalue weighted by Gasteiger charge is 2.23. The lowest BCUT2D eigenvalue weighted by Gasteiger charge is -2.29. The van der Waals surface area contributed by atoms with Crippen LogP contribution in [0.2, 0.25) is 10.0 Å².